The molecule has 0 bridgehead atoms. The van der Waals surface area contributed by atoms with Crippen molar-refractivity contribution in [2.45, 2.75) is 25.7 Å². The Morgan fingerprint density at radius 2 is 2.19 bits per heavy atom. The fraction of sp³-hybridized carbons (Fsp3) is 0.357. The third-order valence-electron chi connectivity index (χ3n) is 3.47. The first-order chi connectivity index (χ1) is 10.1. The van der Waals surface area contributed by atoms with E-state index in [-0.39, 0.29) is 11.8 Å². The minimum absolute atomic E-state index is 0.0139. The van der Waals surface area contributed by atoms with Gasteiger partial charge in [-0.2, -0.15) is 5.10 Å². The number of amides is 1. The van der Waals surface area contributed by atoms with Gasteiger partial charge in [0.1, 0.15) is 11.6 Å². The van der Waals surface area contributed by atoms with E-state index >= 15 is 0 Å². The Hall–Kier alpha value is -1.59. The fourth-order valence-electron chi connectivity index (χ4n) is 2.51. The molecule has 1 aliphatic heterocycles. The highest BCUT2D eigenvalue weighted by Gasteiger charge is 2.29. The maximum atomic E-state index is 12.1. The summed E-state index contributed by atoms with van der Waals surface area (Å²) in [5, 5.41) is 8.28. The maximum absolute atomic E-state index is 12.1. The summed E-state index contributed by atoms with van der Waals surface area (Å²) >= 11 is 12.2. The average molecular weight is 325 g/mol. The molecule has 2 aromatic rings. The van der Waals surface area contributed by atoms with Crippen LogP contribution >= 0.6 is 23.2 Å². The molecular weight excluding hydrogens is 311 g/mol. The van der Waals surface area contributed by atoms with Gasteiger partial charge in [-0.15, -0.1) is 0 Å². The van der Waals surface area contributed by atoms with Crippen molar-refractivity contribution in [1.82, 2.24) is 20.1 Å². The van der Waals surface area contributed by atoms with Gasteiger partial charge in [0.15, 0.2) is 0 Å². The Morgan fingerprint density at radius 3 is 2.90 bits per heavy atom. The Kier molecular flexibility index (Phi) is 3.87. The van der Waals surface area contributed by atoms with Crippen LogP contribution in [0.25, 0.3) is 5.69 Å². The van der Waals surface area contributed by atoms with E-state index in [1.807, 2.05) is 0 Å². The van der Waals surface area contributed by atoms with Crippen molar-refractivity contribution in [2.75, 3.05) is 6.54 Å². The number of aromatic nitrogens is 3. The number of piperidine rings is 1. The van der Waals surface area contributed by atoms with Gasteiger partial charge in [-0.25, -0.2) is 9.67 Å². The van der Waals surface area contributed by atoms with Gasteiger partial charge in [0.25, 0.3) is 0 Å². The second kappa shape index (κ2) is 5.66. The first kappa shape index (κ1) is 14.4. The largest absolute Gasteiger partial charge is 0.355 e. The van der Waals surface area contributed by atoms with Crippen LogP contribution in [0.3, 0.4) is 0 Å². The van der Waals surface area contributed by atoms with E-state index in [0.717, 1.165) is 12.8 Å². The van der Waals surface area contributed by atoms with Crippen LogP contribution in [0, 0.1) is 6.92 Å². The van der Waals surface area contributed by atoms with Gasteiger partial charge < -0.3 is 5.32 Å². The third-order valence-corrected chi connectivity index (χ3v) is 4.01. The number of rotatable bonds is 2. The van der Waals surface area contributed by atoms with Crippen molar-refractivity contribution in [3.63, 3.8) is 0 Å². The predicted octanol–water partition coefficient (Wildman–Crippen LogP) is 2.88. The Bertz CT molecular complexity index is 698. The summed E-state index contributed by atoms with van der Waals surface area (Å²) < 4.78 is 1.64. The molecule has 1 N–H and O–H groups in total. The lowest BCUT2D eigenvalue weighted by Crippen LogP contribution is -2.36. The second-order valence-electron chi connectivity index (χ2n) is 5.01. The van der Waals surface area contributed by atoms with Gasteiger partial charge in [-0.1, -0.05) is 23.2 Å². The molecule has 1 amide bonds. The summed E-state index contributed by atoms with van der Waals surface area (Å²) in [6.45, 7) is 2.51. The van der Waals surface area contributed by atoms with Gasteiger partial charge >= 0.3 is 0 Å². The Morgan fingerprint density at radius 1 is 1.38 bits per heavy atom. The lowest BCUT2D eigenvalue weighted by Gasteiger charge is -2.21. The molecule has 1 aliphatic rings. The SMILES string of the molecule is Cc1nc(C2CCCNC2=O)n(-c2ccc(Cl)cc2Cl)n1. The molecule has 1 fully saturated rings. The van der Waals surface area contributed by atoms with Crippen LogP contribution in [0.5, 0.6) is 0 Å². The summed E-state index contributed by atoms with van der Waals surface area (Å²) in [6.07, 6.45) is 1.69. The minimum atomic E-state index is -0.299. The van der Waals surface area contributed by atoms with Crippen molar-refractivity contribution >= 4 is 29.1 Å². The zero-order valence-corrected chi connectivity index (χ0v) is 12.9. The summed E-state index contributed by atoms with van der Waals surface area (Å²) in [5.41, 5.74) is 0.676. The van der Waals surface area contributed by atoms with Crippen LogP contribution in [-0.4, -0.2) is 27.2 Å². The molecule has 1 aromatic carbocycles. The number of nitrogens with zero attached hydrogens (tertiary/aromatic N) is 3. The lowest BCUT2D eigenvalue weighted by molar-refractivity contribution is -0.124. The molecule has 1 atom stereocenters. The van der Waals surface area contributed by atoms with Crippen molar-refractivity contribution in [2.24, 2.45) is 0 Å². The van der Waals surface area contributed by atoms with Gasteiger partial charge in [0, 0.05) is 11.6 Å². The summed E-state index contributed by atoms with van der Waals surface area (Å²) in [6, 6.07) is 5.17. The van der Waals surface area contributed by atoms with E-state index in [9.17, 15) is 4.79 Å². The van der Waals surface area contributed by atoms with Gasteiger partial charge in [0.2, 0.25) is 5.91 Å². The minimum Gasteiger partial charge on any atom is -0.355 e. The number of benzene rings is 1. The van der Waals surface area contributed by atoms with Crippen molar-refractivity contribution in [3.8, 4) is 5.69 Å². The van der Waals surface area contributed by atoms with Crippen molar-refractivity contribution in [3.05, 3.63) is 39.9 Å². The van der Waals surface area contributed by atoms with Crippen LogP contribution in [0.4, 0.5) is 0 Å². The molecular formula is C14H14Cl2N4O. The highest BCUT2D eigenvalue weighted by Crippen LogP contribution is 2.29. The number of carbonyl (C=O) groups is 1. The summed E-state index contributed by atoms with van der Waals surface area (Å²) in [5.74, 6) is 0.912. The van der Waals surface area contributed by atoms with Crippen LogP contribution < -0.4 is 5.32 Å². The smallest absolute Gasteiger partial charge is 0.230 e. The van der Waals surface area contributed by atoms with Gasteiger partial charge in [-0.3, -0.25) is 4.79 Å². The predicted molar refractivity (Wildman–Crippen MR) is 81.1 cm³/mol. The first-order valence-corrected chi connectivity index (χ1v) is 7.48. The number of carbonyl (C=O) groups excluding carboxylic acids is 1. The molecule has 7 heteroatoms. The molecule has 2 heterocycles. The van der Waals surface area contributed by atoms with E-state index in [0.29, 0.717) is 33.9 Å². The summed E-state index contributed by atoms with van der Waals surface area (Å²) in [4.78, 5) is 16.5. The Balaban J connectivity index is 2.09. The van der Waals surface area contributed by atoms with Crippen LogP contribution in [0.1, 0.15) is 30.4 Å². The molecule has 1 aromatic heterocycles. The maximum Gasteiger partial charge on any atom is 0.230 e. The fourth-order valence-corrected chi connectivity index (χ4v) is 2.99. The third kappa shape index (κ3) is 2.76. The van der Waals surface area contributed by atoms with Crippen LogP contribution in [-0.2, 0) is 4.79 Å². The van der Waals surface area contributed by atoms with E-state index < -0.39 is 0 Å². The molecule has 0 spiro atoms. The first-order valence-electron chi connectivity index (χ1n) is 6.73. The number of aryl methyl sites for hydroxylation is 1. The number of hydrogen-bond acceptors (Lipinski definition) is 3. The molecule has 21 heavy (non-hydrogen) atoms. The zero-order valence-electron chi connectivity index (χ0n) is 11.4. The van der Waals surface area contributed by atoms with E-state index in [1.54, 1.807) is 29.8 Å². The monoisotopic (exact) mass is 324 g/mol. The number of hydrogen-bond donors (Lipinski definition) is 1. The van der Waals surface area contributed by atoms with Crippen molar-refractivity contribution < 1.29 is 4.79 Å². The molecule has 1 unspecified atom stereocenters. The molecule has 1 saturated heterocycles. The lowest BCUT2D eigenvalue weighted by atomic mass is 9.98. The van der Waals surface area contributed by atoms with E-state index in [2.05, 4.69) is 15.4 Å². The summed E-state index contributed by atoms with van der Waals surface area (Å²) in [7, 11) is 0. The molecule has 3 rings (SSSR count). The van der Waals surface area contributed by atoms with Crippen molar-refractivity contribution in [1.29, 1.82) is 0 Å². The quantitative estimate of drug-likeness (QED) is 0.924. The number of halogens is 2. The molecule has 0 aliphatic carbocycles. The topological polar surface area (TPSA) is 59.8 Å². The highest BCUT2D eigenvalue weighted by atomic mass is 35.5. The van der Waals surface area contributed by atoms with Crippen LogP contribution in [0.2, 0.25) is 10.0 Å². The second-order valence-corrected chi connectivity index (χ2v) is 5.85. The van der Waals surface area contributed by atoms with Gasteiger partial charge in [-0.05, 0) is 38.0 Å². The normalized spacial score (nSPS) is 18.6. The molecule has 0 radical (unpaired) electrons. The average Bonchev–Trinajstić information content (AvgIpc) is 2.81. The molecule has 110 valence electrons. The van der Waals surface area contributed by atoms with E-state index in [4.69, 9.17) is 23.2 Å². The van der Waals surface area contributed by atoms with E-state index in [1.165, 1.54) is 0 Å². The van der Waals surface area contributed by atoms with Crippen LogP contribution in [0.15, 0.2) is 18.2 Å². The Labute approximate surface area is 132 Å². The molecule has 5 nitrogen and oxygen atoms in total. The highest BCUT2D eigenvalue weighted by molar-refractivity contribution is 6.35. The molecule has 0 saturated carbocycles. The van der Waals surface area contributed by atoms with Gasteiger partial charge in [0.05, 0.1) is 16.6 Å². The number of nitrogens with one attached hydrogen (secondary N) is 1. The standard InChI is InChI=1S/C14H14Cl2N4O/c1-8-18-13(10-3-2-6-17-14(10)21)20(19-8)12-5-4-9(15)7-11(12)16/h4-5,7,10H,2-3,6H2,1H3,(H,17,21). The zero-order chi connectivity index (χ0) is 15.0.